The number of ether oxygens (including phenoxy) is 3. The van der Waals surface area contributed by atoms with Crippen LogP contribution in [0.5, 0.6) is 17.2 Å². The smallest absolute Gasteiger partial charge is 0.270 e. The average molecular weight is 484 g/mol. The lowest BCUT2D eigenvalue weighted by Gasteiger charge is -2.29. The highest BCUT2D eigenvalue weighted by molar-refractivity contribution is 7.80. The molecule has 10 heteroatoms. The summed E-state index contributed by atoms with van der Waals surface area (Å²) in [5.41, 5.74) is 0.802. The Bertz CT molecular complexity index is 1140. The molecule has 9 nitrogen and oxygen atoms in total. The lowest BCUT2D eigenvalue weighted by Crippen LogP contribution is -2.54. The highest BCUT2D eigenvalue weighted by atomic mass is 32.1. The number of thiocarbonyl (C=S) groups is 1. The molecular formula is C24H23N2O7S-. The molecule has 2 amide bonds. The van der Waals surface area contributed by atoms with Crippen LogP contribution in [0.15, 0.2) is 48.0 Å². The standard InChI is InChI=1S/C24H24N2O7S/c1-4-31-17-9-7-16(8-10-17)26-22(28)18(21(27)25-24(26)34)12-15-6-11-19(20(13-15)32-5-2)33-14(3)23(29)30/h6-14H,4-5H2,1-3H3,(H,29,30)(H,25,27,34)/p-1/b18-12+/t14-/m0/s1. The summed E-state index contributed by atoms with van der Waals surface area (Å²) in [6.07, 6.45) is 0.202. The van der Waals surface area contributed by atoms with Crippen LogP contribution in [0.3, 0.4) is 0 Å². The molecule has 1 N–H and O–H groups in total. The molecule has 0 saturated carbocycles. The van der Waals surface area contributed by atoms with E-state index in [1.807, 2.05) is 6.92 Å². The van der Waals surface area contributed by atoms with Crippen LogP contribution in [-0.4, -0.2) is 42.2 Å². The largest absolute Gasteiger partial charge is 0.546 e. The first-order valence-electron chi connectivity index (χ1n) is 10.5. The molecule has 2 aromatic carbocycles. The van der Waals surface area contributed by atoms with Crippen LogP contribution in [0.25, 0.3) is 6.08 Å². The molecule has 1 fully saturated rings. The van der Waals surface area contributed by atoms with Gasteiger partial charge in [0.05, 0.1) is 24.9 Å². The van der Waals surface area contributed by atoms with E-state index in [-0.39, 0.29) is 28.8 Å². The summed E-state index contributed by atoms with van der Waals surface area (Å²) >= 11 is 5.22. The molecule has 34 heavy (non-hydrogen) atoms. The first-order valence-corrected chi connectivity index (χ1v) is 10.9. The summed E-state index contributed by atoms with van der Waals surface area (Å²) in [5.74, 6) is -1.52. The number of hydrogen-bond donors (Lipinski definition) is 1. The van der Waals surface area contributed by atoms with Crippen molar-refractivity contribution in [2.24, 2.45) is 0 Å². The summed E-state index contributed by atoms with van der Waals surface area (Å²) in [5, 5.41) is 13.5. The minimum absolute atomic E-state index is 0.0358. The van der Waals surface area contributed by atoms with Crippen molar-refractivity contribution in [1.82, 2.24) is 5.32 Å². The fourth-order valence-corrected chi connectivity index (χ4v) is 3.42. The van der Waals surface area contributed by atoms with Crippen LogP contribution in [0, 0.1) is 0 Å². The first-order chi connectivity index (χ1) is 16.2. The van der Waals surface area contributed by atoms with Crippen LogP contribution in [0.2, 0.25) is 0 Å². The predicted octanol–water partition coefficient (Wildman–Crippen LogP) is 1.83. The molecule has 0 aromatic heterocycles. The van der Waals surface area contributed by atoms with E-state index >= 15 is 0 Å². The van der Waals surface area contributed by atoms with E-state index in [0.29, 0.717) is 23.6 Å². The molecule has 1 heterocycles. The van der Waals surface area contributed by atoms with Crippen molar-refractivity contribution in [2.75, 3.05) is 18.1 Å². The summed E-state index contributed by atoms with van der Waals surface area (Å²) < 4.78 is 16.3. The number of aliphatic carboxylic acids is 1. The van der Waals surface area contributed by atoms with Crippen molar-refractivity contribution in [3.63, 3.8) is 0 Å². The maximum absolute atomic E-state index is 13.2. The highest BCUT2D eigenvalue weighted by Gasteiger charge is 2.34. The third-order valence-electron chi connectivity index (χ3n) is 4.72. The molecule has 1 aliphatic heterocycles. The van der Waals surface area contributed by atoms with Gasteiger partial charge in [0.2, 0.25) is 0 Å². The van der Waals surface area contributed by atoms with E-state index < -0.39 is 23.9 Å². The highest BCUT2D eigenvalue weighted by Crippen LogP contribution is 2.31. The van der Waals surface area contributed by atoms with Gasteiger partial charge in [-0.1, -0.05) is 6.07 Å². The van der Waals surface area contributed by atoms with Gasteiger partial charge in [-0.3, -0.25) is 19.8 Å². The molecule has 0 bridgehead atoms. The molecule has 0 unspecified atom stereocenters. The van der Waals surface area contributed by atoms with Gasteiger partial charge in [0.15, 0.2) is 16.6 Å². The number of rotatable bonds is 9. The molecule has 1 saturated heterocycles. The number of amides is 2. The van der Waals surface area contributed by atoms with E-state index in [4.69, 9.17) is 26.4 Å². The number of carboxylic acid groups (broad SMARTS) is 1. The van der Waals surface area contributed by atoms with E-state index in [2.05, 4.69) is 5.32 Å². The second-order valence-corrected chi connectivity index (χ2v) is 7.49. The SMILES string of the molecule is CCOc1ccc(N2C(=O)/C(=C/c3ccc(O[C@@H](C)C(=O)[O-])c(OCC)c3)C(=O)NC2=S)cc1. The number of anilines is 1. The molecule has 1 aliphatic rings. The monoisotopic (exact) mass is 483 g/mol. The fraction of sp³-hybridized carbons (Fsp3) is 0.250. The molecular weight excluding hydrogens is 460 g/mol. The summed E-state index contributed by atoms with van der Waals surface area (Å²) in [7, 11) is 0. The summed E-state index contributed by atoms with van der Waals surface area (Å²) in [6, 6.07) is 11.4. The molecule has 0 radical (unpaired) electrons. The molecule has 3 rings (SSSR count). The van der Waals surface area contributed by atoms with Crippen LogP contribution >= 0.6 is 12.2 Å². The number of hydrogen-bond acceptors (Lipinski definition) is 8. The maximum Gasteiger partial charge on any atom is 0.270 e. The number of benzene rings is 2. The second kappa shape index (κ2) is 10.8. The number of carboxylic acids is 1. The van der Waals surface area contributed by atoms with Crippen LogP contribution < -0.4 is 29.5 Å². The van der Waals surface area contributed by atoms with Crippen LogP contribution in [0.1, 0.15) is 26.3 Å². The molecule has 0 aliphatic carbocycles. The van der Waals surface area contributed by atoms with Gasteiger partial charge < -0.3 is 24.1 Å². The Morgan fingerprint density at radius 3 is 2.38 bits per heavy atom. The minimum Gasteiger partial charge on any atom is -0.546 e. The van der Waals surface area contributed by atoms with Crippen molar-refractivity contribution in [3.8, 4) is 17.2 Å². The third-order valence-corrected chi connectivity index (χ3v) is 5.01. The zero-order valence-corrected chi connectivity index (χ0v) is 19.6. The van der Waals surface area contributed by atoms with Crippen molar-refractivity contribution in [2.45, 2.75) is 26.9 Å². The zero-order valence-electron chi connectivity index (χ0n) is 18.8. The maximum atomic E-state index is 13.2. The van der Waals surface area contributed by atoms with Gasteiger partial charge in [0, 0.05) is 0 Å². The fourth-order valence-electron chi connectivity index (χ4n) is 3.14. The van der Waals surface area contributed by atoms with Gasteiger partial charge >= 0.3 is 0 Å². The first kappa shape index (κ1) is 24.7. The normalized spacial score (nSPS) is 15.7. The van der Waals surface area contributed by atoms with Gasteiger partial charge in [0.25, 0.3) is 11.8 Å². The van der Waals surface area contributed by atoms with E-state index in [9.17, 15) is 19.5 Å². The third kappa shape index (κ3) is 5.52. The van der Waals surface area contributed by atoms with Gasteiger partial charge in [-0.25, -0.2) is 0 Å². The van der Waals surface area contributed by atoms with E-state index in [1.54, 1.807) is 43.3 Å². The Balaban J connectivity index is 1.93. The van der Waals surface area contributed by atoms with E-state index in [0.717, 1.165) is 0 Å². The van der Waals surface area contributed by atoms with Gasteiger partial charge in [-0.15, -0.1) is 0 Å². The lowest BCUT2D eigenvalue weighted by molar-refractivity contribution is -0.312. The molecule has 0 spiro atoms. The quantitative estimate of drug-likeness (QED) is 0.326. The van der Waals surface area contributed by atoms with Crippen molar-refractivity contribution in [1.29, 1.82) is 0 Å². The minimum atomic E-state index is -1.37. The Hall–Kier alpha value is -3.92. The predicted molar refractivity (Wildman–Crippen MR) is 127 cm³/mol. The average Bonchev–Trinajstić information content (AvgIpc) is 2.79. The topological polar surface area (TPSA) is 117 Å². The van der Waals surface area contributed by atoms with Crippen molar-refractivity contribution in [3.05, 3.63) is 53.6 Å². The van der Waals surface area contributed by atoms with Crippen molar-refractivity contribution < 1.29 is 33.7 Å². The van der Waals surface area contributed by atoms with Crippen LogP contribution in [0.4, 0.5) is 5.69 Å². The van der Waals surface area contributed by atoms with Crippen LogP contribution in [-0.2, 0) is 14.4 Å². The number of carbonyl (C=O) groups excluding carboxylic acids is 3. The molecule has 178 valence electrons. The Morgan fingerprint density at radius 1 is 1.09 bits per heavy atom. The Labute approximate surface area is 201 Å². The van der Waals surface area contributed by atoms with Gasteiger partial charge in [-0.2, -0.15) is 0 Å². The van der Waals surface area contributed by atoms with Gasteiger partial charge in [-0.05, 0) is 81.0 Å². The van der Waals surface area contributed by atoms with E-state index in [1.165, 1.54) is 24.0 Å². The van der Waals surface area contributed by atoms with Gasteiger partial charge in [0.1, 0.15) is 17.4 Å². The Morgan fingerprint density at radius 2 is 1.76 bits per heavy atom. The van der Waals surface area contributed by atoms with Crippen molar-refractivity contribution >= 4 is 46.9 Å². The Kier molecular flexibility index (Phi) is 7.85. The number of nitrogens with one attached hydrogen (secondary N) is 1. The lowest BCUT2D eigenvalue weighted by atomic mass is 10.1. The molecule has 1 atom stereocenters. The zero-order chi connectivity index (χ0) is 24.8. The second-order valence-electron chi connectivity index (χ2n) is 7.10. The molecule has 2 aromatic rings. The number of carbonyl (C=O) groups is 3. The number of nitrogens with zero attached hydrogens (tertiary/aromatic N) is 1. The summed E-state index contributed by atoms with van der Waals surface area (Å²) in [6.45, 7) is 5.75. The summed E-state index contributed by atoms with van der Waals surface area (Å²) in [4.78, 5) is 38.0.